The highest BCUT2D eigenvalue weighted by molar-refractivity contribution is 6.42. The van der Waals surface area contributed by atoms with E-state index in [0.29, 0.717) is 33.7 Å². The third-order valence-corrected chi connectivity index (χ3v) is 5.99. The molecule has 2 aromatic heterocycles. The van der Waals surface area contributed by atoms with Crippen molar-refractivity contribution in [1.82, 2.24) is 24.4 Å². The first-order chi connectivity index (χ1) is 14.1. The van der Waals surface area contributed by atoms with Crippen molar-refractivity contribution in [2.75, 3.05) is 25.0 Å². The lowest BCUT2D eigenvalue weighted by Gasteiger charge is -2.30. The van der Waals surface area contributed by atoms with Crippen LogP contribution in [-0.2, 0) is 13.1 Å². The van der Waals surface area contributed by atoms with Crippen LogP contribution in [0.5, 0.6) is 0 Å². The molecule has 1 aliphatic heterocycles. The van der Waals surface area contributed by atoms with Crippen LogP contribution < -0.4 is 10.9 Å². The highest BCUT2D eigenvalue weighted by atomic mass is 35.5. The maximum absolute atomic E-state index is 12.6. The van der Waals surface area contributed by atoms with Gasteiger partial charge in [-0.1, -0.05) is 35.7 Å². The Morgan fingerprint density at radius 2 is 1.93 bits per heavy atom. The lowest BCUT2D eigenvalue weighted by molar-refractivity contribution is 0.177. The number of rotatable bonds is 9. The van der Waals surface area contributed by atoms with Gasteiger partial charge >= 0.3 is 0 Å². The van der Waals surface area contributed by atoms with E-state index in [1.54, 1.807) is 18.5 Å². The van der Waals surface area contributed by atoms with Gasteiger partial charge in [0.15, 0.2) is 11.2 Å². The lowest BCUT2D eigenvalue weighted by Crippen LogP contribution is -2.37. The van der Waals surface area contributed by atoms with Gasteiger partial charge in [0.25, 0.3) is 5.56 Å². The number of hydrogen-bond acceptors (Lipinski definition) is 5. The Hall–Kier alpha value is -2.09. The molecule has 0 unspecified atom stereocenters. The van der Waals surface area contributed by atoms with Crippen LogP contribution in [0.3, 0.4) is 0 Å². The smallest absolute Gasteiger partial charge is 0.278 e. The maximum atomic E-state index is 12.6. The first-order valence-corrected chi connectivity index (χ1v) is 10.7. The number of likely N-dealkylation sites (tertiary alicyclic amines) is 1. The number of anilines is 1. The predicted octanol–water partition coefficient (Wildman–Crippen LogP) is 3.91. The molecular weight excluding hydrogens is 411 g/mol. The van der Waals surface area contributed by atoms with Crippen LogP contribution in [0.15, 0.2) is 29.3 Å². The minimum absolute atomic E-state index is 0.190. The second kappa shape index (κ2) is 9.15. The Morgan fingerprint density at radius 3 is 2.69 bits per heavy atom. The van der Waals surface area contributed by atoms with Crippen molar-refractivity contribution in [3.8, 4) is 0 Å². The Labute approximate surface area is 179 Å². The zero-order valence-electron chi connectivity index (χ0n) is 16.1. The van der Waals surface area contributed by atoms with Gasteiger partial charge in [-0.05, 0) is 56.6 Å². The topological polar surface area (TPSA) is 78.8 Å². The number of unbranched alkanes of at least 4 members (excludes halogenated alkanes) is 2. The molecule has 0 amide bonds. The highest BCUT2D eigenvalue weighted by Crippen LogP contribution is 2.23. The quantitative estimate of drug-likeness (QED) is 0.499. The molecule has 0 atom stereocenters. The summed E-state index contributed by atoms with van der Waals surface area (Å²) in [5, 5.41) is 4.11. The molecule has 4 rings (SSSR count). The standard InChI is InChI=1S/C20H24Cl2N6O/c21-15-6-5-14(11-16(15)22)12-23-20-25-18-17(19(29)26-20)28(13-24-18)10-3-1-2-7-27-8-4-9-27/h5-6,11,13H,1-4,7-10,12H2,(H2,23,25,26,29). The summed E-state index contributed by atoms with van der Waals surface area (Å²) in [6.45, 7) is 4.91. The molecule has 0 aliphatic carbocycles. The molecule has 0 spiro atoms. The number of halogens is 2. The number of benzene rings is 1. The number of nitrogens with zero attached hydrogens (tertiary/aromatic N) is 4. The number of hydrogen-bond donors (Lipinski definition) is 2. The monoisotopic (exact) mass is 434 g/mol. The van der Waals surface area contributed by atoms with Crippen LogP contribution in [0.25, 0.3) is 11.2 Å². The molecule has 29 heavy (non-hydrogen) atoms. The summed E-state index contributed by atoms with van der Waals surface area (Å²) in [6, 6.07) is 5.39. The van der Waals surface area contributed by atoms with Gasteiger partial charge in [0.05, 0.1) is 16.4 Å². The fraction of sp³-hybridized carbons (Fsp3) is 0.450. The van der Waals surface area contributed by atoms with Crippen LogP contribution in [0, 0.1) is 0 Å². The van der Waals surface area contributed by atoms with Gasteiger partial charge in [-0.25, -0.2) is 4.98 Å². The molecule has 3 heterocycles. The van der Waals surface area contributed by atoms with E-state index in [4.69, 9.17) is 23.2 Å². The van der Waals surface area contributed by atoms with Crippen molar-refractivity contribution in [3.63, 3.8) is 0 Å². The van der Waals surface area contributed by atoms with Crippen LogP contribution >= 0.6 is 23.2 Å². The molecule has 0 radical (unpaired) electrons. The zero-order valence-corrected chi connectivity index (χ0v) is 17.6. The fourth-order valence-corrected chi connectivity index (χ4v) is 3.80. The maximum Gasteiger partial charge on any atom is 0.278 e. The first-order valence-electron chi connectivity index (χ1n) is 9.95. The number of imidazole rings is 1. The average Bonchev–Trinajstić information content (AvgIpc) is 3.07. The van der Waals surface area contributed by atoms with Gasteiger partial charge in [0.1, 0.15) is 0 Å². The van der Waals surface area contributed by atoms with E-state index in [0.717, 1.165) is 24.9 Å². The van der Waals surface area contributed by atoms with Gasteiger partial charge in [-0.3, -0.25) is 9.78 Å². The number of aromatic amines is 1. The molecule has 1 aliphatic rings. The van der Waals surface area contributed by atoms with Gasteiger partial charge in [0.2, 0.25) is 5.95 Å². The molecule has 7 nitrogen and oxygen atoms in total. The summed E-state index contributed by atoms with van der Waals surface area (Å²) in [5.41, 5.74) is 1.72. The largest absolute Gasteiger partial charge is 0.352 e. The average molecular weight is 435 g/mol. The molecule has 1 saturated heterocycles. The van der Waals surface area contributed by atoms with Gasteiger partial charge in [0, 0.05) is 13.1 Å². The number of H-pyrrole nitrogens is 1. The minimum Gasteiger partial charge on any atom is -0.352 e. The van der Waals surface area contributed by atoms with E-state index < -0.39 is 0 Å². The first kappa shape index (κ1) is 20.2. The second-order valence-corrected chi connectivity index (χ2v) is 8.20. The Balaban J connectivity index is 1.36. The van der Waals surface area contributed by atoms with E-state index in [9.17, 15) is 4.79 Å². The SMILES string of the molecule is O=c1[nH]c(NCc2ccc(Cl)c(Cl)c2)nc2ncn(CCCCCN3CCC3)c12. The number of fused-ring (bicyclic) bond motifs is 1. The van der Waals surface area contributed by atoms with E-state index in [2.05, 4.69) is 25.2 Å². The molecule has 3 aromatic rings. The van der Waals surface area contributed by atoms with Crippen molar-refractivity contribution in [2.45, 2.75) is 38.8 Å². The summed E-state index contributed by atoms with van der Waals surface area (Å²) < 4.78 is 1.90. The number of aryl methyl sites for hydroxylation is 1. The van der Waals surface area contributed by atoms with E-state index in [-0.39, 0.29) is 5.56 Å². The van der Waals surface area contributed by atoms with Crippen LogP contribution in [0.1, 0.15) is 31.2 Å². The Bertz CT molecular complexity index is 1040. The van der Waals surface area contributed by atoms with Gasteiger partial charge in [-0.2, -0.15) is 4.98 Å². The van der Waals surface area contributed by atoms with Crippen LogP contribution in [-0.4, -0.2) is 44.1 Å². The summed E-state index contributed by atoms with van der Waals surface area (Å²) in [6.07, 6.45) is 6.40. The summed E-state index contributed by atoms with van der Waals surface area (Å²) in [4.78, 5) is 26.6. The molecule has 1 aromatic carbocycles. The molecular formula is C20H24Cl2N6O. The zero-order chi connectivity index (χ0) is 20.2. The highest BCUT2D eigenvalue weighted by Gasteiger charge is 2.13. The number of aromatic nitrogens is 4. The number of nitrogens with one attached hydrogen (secondary N) is 2. The second-order valence-electron chi connectivity index (χ2n) is 7.38. The molecule has 0 bridgehead atoms. The summed E-state index contributed by atoms with van der Waals surface area (Å²) >= 11 is 12.0. The van der Waals surface area contributed by atoms with Crippen molar-refractivity contribution >= 4 is 40.3 Å². The van der Waals surface area contributed by atoms with Crippen LogP contribution in [0.2, 0.25) is 10.0 Å². The Kier molecular flexibility index (Phi) is 6.37. The summed E-state index contributed by atoms with van der Waals surface area (Å²) in [7, 11) is 0. The van der Waals surface area contributed by atoms with E-state index in [1.807, 2.05) is 10.6 Å². The summed E-state index contributed by atoms with van der Waals surface area (Å²) in [5.74, 6) is 0.383. The molecule has 1 fully saturated rings. The van der Waals surface area contributed by atoms with E-state index >= 15 is 0 Å². The molecule has 0 saturated carbocycles. The van der Waals surface area contributed by atoms with Crippen molar-refractivity contribution in [1.29, 1.82) is 0 Å². The molecule has 2 N–H and O–H groups in total. The van der Waals surface area contributed by atoms with Crippen molar-refractivity contribution in [3.05, 3.63) is 50.5 Å². The van der Waals surface area contributed by atoms with Gasteiger partial charge < -0.3 is 14.8 Å². The normalized spacial score (nSPS) is 14.3. The fourth-order valence-electron chi connectivity index (χ4n) is 3.47. The van der Waals surface area contributed by atoms with Crippen molar-refractivity contribution < 1.29 is 0 Å². The molecule has 154 valence electrons. The van der Waals surface area contributed by atoms with Crippen molar-refractivity contribution in [2.24, 2.45) is 0 Å². The minimum atomic E-state index is -0.190. The predicted molar refractivity (Wildman–Crippen MR) is 117 cm³/mol. The lowest BCUT2D eigenvalue weighted by atomic mass is 10.1. The Morgan fingerprint density at radius 1 is 1.10 bits per heavy atom. The third-order valence-electron chi connectivity index (χ3n) is 5.25. The van der Waals surface area contributed by atoms with E-state index in [1.165, 1.54) is 32.5 Å². The van der Waals surface area contributed by atoms with Gasteiger partial charge in [-0.15, -0.1) is 0 Å². The third kappa shape index (κ3) is 4.91. The molecule has 9 heteroatoms. The van der Waals surface area contributed by atoms with Crippen LogP contribution in [0.4, 0.5) is 5.95 Å².